The molecular weight excluding hydrogens is 840 g/mol. The number of rotatable bonds is 4. The second-order valence-corrected chi connectivity index (χ2v) is 13.9. The molecule has 6 heteroatoms. The third kappa shape index (κ3) is 7.42. The molecule has 2 aliphatic rings. The van der Waals surface area contributed by atoms with Crippen LogP contribution in [-0.4, -0.2) is 16.7 Å². The maximum Gasteiger partial charge on any atom is 0.239 e. The summed E-state index contributed by atoms with van der Waals surface area (Å²) in [6.07, 6.45) is 0.676. The summed E-state index contributed by atoms with van der Waals surface area (Å²) in [6, 6.07) is 40.8. The SMILES string of the molecule is [2H]C([2H])([2H])c1c[c-]c(-c2cc(-c3ccccc3)c(C([2H])([2H])[2H])cn2)cc1.[2H]C([2H])([2H])c1cnc(-c2[c-]cc3c4c2Oc2ccccc2B4c2ccccc2O3)cc1C([2H])([2H])C(C)(C)C.[Ir]. The van der Waals surface area contributed by atoms with E-state index in [1.807, 2.05) is 78.9 Å². The third-order valence-corrected chi connectivity index (χ3v) is 9.01. The molecule has 0 spiro atoms. The number of nitrogens with zero attached hydrogens (tertiary/aromatic N) is 2. The van der Waals surface area contributed by atoms with Crippen LogP contribution in [0.2, 0.25) is 0 Å². The summed E-state index contributed by atoms with van der Waals surface area (Å²) in [7, 11) is 0. The number of para-hydroxylation sites is 2. The molecule has 0 atom stereocenters. The number of ether oxygens (including phenoxy) is 2. The average molecular weight is 892 g/mol. The Bertz CT molecular complexity index is 2870. The number of pyridine rings is 2. The molecule has 0 saturated heterocycles. The van der Waals surface area contributed by atoms with Crippen molar-refractivity contribution in [2.24, 2.45) is 5.41 Å². The predicted molar refractivity (Wildman–Crippen MR) is 218 cm³/mol. The van der Waals surface area contributed by atoms with Crippen LogP contribution in [-0.2, 0) is 26.5 Å². The van der Waals surface area contributed by atoms with Crippen LogP contribution < -0.4 is 25.9 Å². The van der Waals surface area contributed by atoms with E-state index in [0.29, 0.717) is 45.3 Å². The molecular formula is C48H41BIrN2O2-2. The Labute approximate surface area is 348 Å². The van der Waals surface area contributed by atoms with Crippen molar-refractivity contribution >= 4 is 23.1 Å². The van der Waals surface area contributed by atoms with Gasteiger partial charge in [-0.15, -0.1) is 47.5 Å². The fourth-order valence-electron chi connectivity index (χ4n) is 6.66. The van der Waals surface area contributed by atoms with Gasteiger partial charge in [0.15, 0.2) is 0 Å². The van der Waals surface area contributed by atoms with Crippen molar-refractivity contribution in [1.82, 2.24) is 9.97 Å². The zero-order valence-electron chi connectivity index (χ0n) is 40.7. The summed E-state index contributed by atoms with van der Waals surface area (Å²) in [4.78, 5) is 8.76. The van der Waals surface area contributed by atoms with Gasteiger partial charge in [-0.05, 0) is 82.2 Å². The van der Waals surface area contributed by atoms with Crippen LogP contribution >= 0.6 is 0 Å². The van der Waals surface area contributed by atoms with Gasteiger partial charge in [-0.3, -0.25) is 0 Å². The smallest absolute Gasteiger partial charge is 0.239 e. The molecule has 0 N–H and O–H groups in total. The van der Waals surface area contributed by atoms with E-state index in [2.05, 4.69) is 22.1 Å². The summed E-state index contributed by atoms with van der Waals surface area (Å²) < 4.78 is 100. The summed E-state index contributed by atoms with van der Waals surface area (Å²) in [5, 5.41) is 0. The zero-order valence-corrected chi connectivity index (χ0v) is 32.1. The first-order valence-corrected chi connectivity index (χ1v) is 17.3. The van der Waals surface area contributed by atoms with E-state index in [1.165, 1.54) is 30.6 Å². The van der Waals surface area contributed by atoms with Gasteiger partial charge < -0.3 is 19.4 Å². The summed E-state index contributed by atoms with van der Waals surface area (Å²) >= 11 is 0. The quantitative estimate of drug-likeness (QED) is 0.131. The Morgan fingerprint density at radius 1 is 0.704 bits per heavy atom. The van der Waals surface area contributed by atoms with Gasteiger partial charge in [0.05, 0.1) is 0 Å². The average Bonchev–Trinajstić information content (AvgIpc) is 3.25. The molecule has 0 bridgehead atoms. The number of fused-ring (bicyclic) bond motifs is 4. The van der Waals surface area contributed by atoms with Crippen LogP contribution in [0.4, 0.5) is 0 Å². The standard InChI is InChI=1S/C29H25BNO2.C19H16N.Ir/c1-18-17-31-23(15-19(18)16-29(2,3)4)20-13-14-26-27-28(20)33-25-12-8-6-10-22(25)30(27)21-9-5-7-11-24(21)32-26;1-14-8-10-17(11-9-14)19-12-18(15(2)13-20-19)16-6-4-3-5-7-16;/h5-12,14-15,17H,16H2,1-4H3;3-10,12-13H,1-2H3;/q2*-1;/i1D3,16D2;1D3,2D3;. The van der Waals surface area contributed by atoms with Gasteiger partial charge in [0, 0.05) is 59.1 Å². The molecule has 2 aromatic heterocycles. The monoisotopic (exact) mass is 892 g/mol. The van der Waals surface area contributed by atoms with E-state index in [0.717, 1.165) is 27.7 Å². The molecule has 54 heavy (non-hydrogen) atoms. The number of benzene rings is 5. The molecule has 9 rings (SSSR count). The first-order chi connectivity index (χ1) is 30.0. The van der Waals surface area contributed by atoms with Crippen LogP contribution in [0.3, 0.4) is 0 Å². The summed E-state index contributed by atoms with van der Waals surface area (Å²) in [5.41, 5.74) is 5.77. The van der Waals surface area contributed by atoms with Gasteiger partial charge >= 0.3 is 0 Å². The minimum Gasteiger partial charge on any atom is -0.503 e. The molecule has 0 fully saturated rings. The number of aryl methyl sites for hydroxylation is 3. The van der Waals surface area contributed by atoms with Crippen molar-refractivity contribution in [3.05, 3.63) is 162 Å². The minimum absolute atomic E-state index is 0. The fourth-order valence-corrected chi connectivity index (χ4v) is 6.66. The van der Waals surface area contributed by atoms with E-state index in [1.54, 1.807) is 39.0 Å². The Balaban J connectivity index is 0.000000205. The second kappa shape index (κ2) is 15.2. The first-order valence-electron chi connectivity index (χ1n) is 22.8. The van der Waals surface area contributed by atoms with Gasteiger partial charge in [0.1, 0.15) is 11.5 Å². The maximum atomic E-state index is 8.90. The molecule has 0 aliphatic carbocycles. The van der Waals surface area contributed by atoms with Gasteiger partial charge in [0.25, 0.3) is 0 Å². The first kappa shape index (κ1) is 25.7. The van der Waals surface area contributed by atoms with Gasteiger partial charge in [-0.25, -0.2) is 0 Å². The van der Waals surface area contributed by atoms with E-state index in [4.69, 9.17) is 24.6 Å². The zero-order chi connectivity index (χ0) is 46.0. The molecule has 4 nitrogen and oxygen atoms in total. The van der Waals surface area contributed by atoms with Crippen molar-refractivity contribution < 1.29 is 44.7 Å². The molecule has 0 amide bonds. The summed E-state index contributed by atoms with van der Waals surface area (Å²) in [6.45, 7) is -1.87. The van der Waals surface area contributed by atoms with Gasteiger partial charge in [-0.2, -0.15) is 0 Å². The Morgan fingerprint density at radius 3 is 2.07 bits per heavy atom. The van der Waals surface area contributed by atoms with Crippen LogP contribution in [0.1, 0.15) is 58.1 Å². The van der Waals surface area contributed by atoms with Gasteiger partial charge in [-0.1, -0.05) is 123 Å². The molecule has 0 unspecified atom stereocenters. The normalized spacial score (nSPS) is 16.1. The molecule has 0 saturated carbocycles. The van der Waals surface area contributed by atoms with Crippen LogP contribution in [0.25, 0.3) is 33.6 Å². The molecule has 269 valence electrons. The van der Waals surface area contributed by atoms with Crippen molar-refractivity contribution in [1.29, 1.82) is 0 Å². The third-order valence-electron chi connectivity index (χ3n) is 9.01. The molecule has 4 heterocycles. The van der Waals surface area contributed by atoms with E-state index in [-0.39, 0.29) is 49.1 Å². The van der Waals surface area contributed by atoms with Crippen molar-refractivity contribution in [2.75, 3.05) is 0 Å². The van der Waals surface area contributed by atoms with Crippen molar-refractivity contribution in [2.45, 2.75) is 47.7 Å². The summed E-state index contributed by atoms with van der Waals surface area (Å²) in [5.74, 6) is 2.64. The van der Waals surface area contributed by atoms with E-state index >= 15 is 0 Å². The van der Waals surface area contributed by atoms with Gasteiger partial charge in [0.2, 0.25) is 6.71 Å². The molecule has 1 radical (unpaired) electrons. The largest absolute Gasteiger partial charge is 0.503 e. The Hall–Kier alpha value is -5.29. The second-order valence-electron chi connectivity index (χ2n) is 13.9. The van der Waals surface area contributed by atoms with Crippen LogP contribution in [0, 0.1) is 38.1 Å². The number of hydrogen-bond acceptors (Lipinski definition) is 4. The topological polar surface area (TPSA) is 44.2 Å². The van der Waals surface area contributed by atoms with E-state index < -0.39 is 32.3 Å². The number of aromatic nitrogens is 2. The predicted octanol–water partition coefficient (Wildman–Crippen LogP) is 10.0. The molecule has 5 aromatic carbocycles. The molecule has 2 aliphatic heterocycles. The number of hydrogen-bond donors (Lipinski definition) is 0. The minimum atomic E-state index is -2.52. The van der Waals surface area contributed by atoms with Crippen molar-refractivity contribution in [3.63, 3.8) is 0 Å². The van der Waals surface area contributed by atoms with Crippen molar-refractivity contribution in [3.8, 4) is 56.6 Å². The fraction of sp³-hybridized carbons (Fsp3) is 0.167. The van der Waals surface area contributed by atoms with Crippen LogP contribution in [0.15, 0.2) is 128 Å². The Morgan fingerprint density at radius 2 is 1.39 bits per heavy atom. The Kier molecular flexibility index (Phi) is 7.24. The molecule has 7 aromatic rings. The van der Waals surface area contributed by atoms with E-state index in [9.17, 15) is 0 Å². The maximum absolute atomic E-state index is 8.90. The van der Waals surface area contributed by atoms with Crippen LogP contribution in [0.5, 0.6) is 23.0 Å².